The molecule has 2 atom stereocenters. The molecule has 0 rings (SSSR count). The number of hydrogen-bond donors (Lipinski definition) is 1. The maximum Gasteiger partial charge on any atom is -0.000219 e. The summed E-state index contributed by atoms with van der Waals surface area (Å²) in [6, 6.07) is 0. The first kappa shape index (κ1) is 12.7. The van der Waals surface area contributed by atoms with Gasteiger partial charge in [0.05, 0.1) is 0 Å². The van der Waals surface area contributed by atoms with Crippen molar-refractivity contribution in [3.8, 4) is 0 Å². The van der Waals surface area contributed by atoms with Crippen LogP contribution >= 0.6 is 22.6 Å². The molecule has 0 aliphatic heterocycles. The Kier molecular flexibility index (Phi) is 8.77. The van der Waals surface area contributed by atoms with E-state index in [1.165, 1.54) is 30.1 Å². The van der Waals surface area contributed by atoms with E-state index in [2.05, 4.69) is 36.4 Å². The van der Waals surface area contributed by atoms with Gasteiger partial charge in [0.1, 0.15) is 0 Å². The lowest BCUT2D eigenvalue weighted by molar-refractivity contribution is 0.384. The standard InChI is InChI=1S/C10H22IN/c1-9(4-3-7-12)8-10(2)5-6-11/h9-10H,3-8,12H2,1-2H3. The van der Waals surface area contributed by atoms with Crippen molar-refractivity contribution in [3.63, 3.8) is 0 Å². The number of hydrogen-bond acceptors (Lipinski definition) is 1. The highest BCUT2D eigenvalue weighted by molar-refractivity contribution is 14.1. The zero-order valence-electron chi connectivity index (χ0n) is 8.35. The topological polar surface area (TPSA) is 26.0 Å². The van der Waals surface area contributed by atoms with Gasteiger partial charge in [-0.25, -0.2) is 0 Å². The van der Waals surface area contributed by atoms with Crippen LogP contribution in [0.1, 0.15) is 39.5 Å². The molecule has 0 heterocycles. The minimum Gasteiger partial charge on any atom is -0.330 e. The molecule has 0 saturated heterocycles. The van der Waals surface area contributed by atoms with Crippen LogP contribution in [0.25, 0.3) is 0 Å². The van der Waals surface area contributed by atoms with Gasteiger partial charge >= 0.3 is 0 Å². The molecular weight excluding hydrogens is 261 g/mol. The van der Waals surface area contributed by atoms with E-state index in [9.17, 15) is 0 Å². The van der Waals surface area contributed by atoms with Crippen molar-refractivity contribution in [3.05, 3.63) is 0 Å². The highest BCUT2D eigenvalue weighted by atomic mass is 127. The van der Waals surface area contributed by atoms with Gasteiger partial charge in [-0.1, -0.05) is 36.4 Å². The minimum atomic E-state index is 0.852. The molecule has 0 aromatic rings. The van der Waals surface area contributed by atoms with E-state index in [1.54, 1.807) is 0 Å². The molecule has 0 aliphatic carbocycles. The fourth-order valence-electron chi connectivity index (χ4n) is 1.58. The van der Waals surface area contributed by atoms with Crippen molar-refractivity contribution >= 4 is 22.6 Å². The van der Waals surface area contributed by atoms with Crippen molar-refractivity contribution in [1.29, 1.82) is 0 Å². The first-order valence-corrected chi connectivity index (χ1v) is 6.49. The van der Waals surface area contributed by atoms with Gasteiger partial charge in [0.25, 0.3) is 0 Å². The molecule has 0 bridgehead atoms. The highest BCUT2D eigenvalue weighted by Crippen LogP contribution is 2.19. The smallest absolute Gasteiger partial charge is 0.000219 e. The molecule has 0 radical (unpaired) electrons. The van der Waals surface area contributed by atoms with E-state index in [-0.39, 0.29) is 0 Å². The van der Waals surface area contributed by atoms with Crippen molar-refractivity contribution < 1.29 is 0 Å². The summed E-state index contributed by atoms with van der Waals surface area (Å²) in [6.07, 6.45) is 5.25. The maximum absolute atomic E-state index is 5.47. The second-order valence-electron chi connectivity index (χ2n) is 3.85. The van der Waals surface area contributed by atoms with E-state index in [0.717, 1.165) is 18.4 Å². The molecule has 0 aromatic carbocycles. The number of rotatable bonds is 7. The van der Waals surface area contributed by atoms with Crippen LogP contribution in [0.3, 0.4) is 0 Å². The number of halogens is 1. The third-order valence-electron chi connectivity index (χ3n) is 2.31. The van der Waals surface area contributed by atoms with E-state index in [4.69, 9.17) is 5.73 Å². The molecule has 0 spiro atoms. The van der Waals surface area contributed by atoms with Gasteiger partial charge in [0.15, 0.2) is 0 Å². The molecule has 1 nitrogen and oxygen atoms in total. The zero-order chi connectivity index (χ0) is 9.40. The molecule has 12 heavy (non-hydrogen) atoms. The Bertz CT molecular complexity index is 95.8. The Morgan fingerprint density at radius 3 is 2.25 bits per heavy atom. The third-order valence-corrected chi connectivity index (χ3v) is 2.93. The van der Waals surface area contributed by atoms with Crippen LogP contribution in [0, 0.1) is 11.8 Å². The molecular formula is C10H22IN. The minimum absolute atomic E-state index is 0.852. The summed E-state index contributed by atoms with van der Waals surface area (Å²) in [4.78, 5) is 0. The maximum atomic E-state index is 5.47. The lowest BCUT2D eigenvalue weighted by Gasteiger charge is -2.15. The summed E-state index contributed by atoms with van der Waals surface area (Å²) in [7, 11) is 0. The highest BCUT2D eigenvalue weighted by Gasteiger charge is 2.07. The average Bonchev–Trinajstić information content (AvgIpc) is 2.01. The molecule has 0 amide bonds. The van der Waals surface area contributed by atoms with E-state index < -0.39 is 0 Å². The molecule has 0 fully saturated rings. The monoisotopic (exact) mass is 283 g/mol. The van der Waals surface area contributed by atoms with Crippen LogP contribution in [0.2, 0.25) is 0 Å². The fourth-order valence-corrected chi connectivity index (χ4v) is 2.64. The van der Waals surface area contributed by atoms with Crippen molar-refractivity contribution in [2.75, 3.05) is 11.0 Å². The molecule has 2 N–H and O–H groups in total. The Balaban J connectivity index is 3.33. The summed E-state index contributed by atoms with van der Waals surface area (Å²) in [5.74, 6) is 1.76. The third kappa shape index (κ3) is 7.35. The number of alkyl halides is 1. The van der Waals surface area contributed by atoms with Gasteiger partial charge in [-0.15, -0.1) is 0 Å². The zero-order valence-corrected chi connectivity index (χ0v) is 10.5. The Morgan fingerprint density at radius 2 is 1.75 bits per heavy atom. The molecule has 0 aliphatic rings. The summed E-state index contributed by atoms with van der Waals surface area (Å²) in [5.41, 5.74) is 5.47. The summed E-state index contributed by atoms with van der Waals surface area (Å²) < 4.78 is 1.29. The molecule has 0 aromatic heterocycles. The molecule has 0 saturated carbocycles. The lowest BCUT2D eigenvalue weighted by atomic mass is 9.92. The second kappa shape index (κ2) is 8.30. The van der Waals surface area contributed by atoms with Crippen molar-refractivity contribution in [2.24, 2.45) is 17.6 Å². The SMILES string of the molecule is CC(CCI)CC(C)CCCN. The Labute approximate surface area is 90.6 Å². The van der Waals surface area contributed by atoms with Gasteiger partial charge in [0, 0.05) is 0 Å². The van der Waals surface area contributed by atoms with Crippen LogP contribution in [0.4, 0.5) is 0 Å². The van der Waals surface area contributed by atoms with E-state index >= 15 is 0 Å². The van der Waals surface area contributed by atoms with Crippen LogP contribution in [-0.2, 0) is 0 Å². The average molecular weight is 283 g/mol. The van der Waals surface area contributed by atoms with Gasteiger partial charge in [-0.3, -0.25) is 0 Å². The first-order valence-electron chi connectivity index (χ1n) is 4.96. The van der Waals surface area contributed by atoms with E-state index in [1.807, 2.05) is 0 Å². The normalized spacial score (nSPS) is 16.0. The van der Waals surface area contributed by atoms with Gasteiger partial charge in [-0.05, 0) is 48.5 Å². The van der Waals surface area contributed by atoms with Crippen LogP contribution in [-0.4, -0.2) is 11.0 Å². The molecule has 2 heteroatoms. The summed E-state index contributed by atoms with van der Waals surface area (Å²) in [6.45, 7) is 5.56. The Morgan fingerprint density at radius 1 is 1.17 bits per heavy atom. The molecule has 2 unspecified atom stereocenters. The largest absolute Gasteiger partial charge is 0.330 e. The van der Waals surface area contributed by atoms with Gasteiger partial charge in [-0.2, -0.15) is 0 Å². The lowest BCUT2D eigenvalue weighted by Crippen LogP contribution is -2.06. The quantitative estimate of drug-likeness (QED) is 0.563. The first-order chi connectivity index (χ1) is 5.70. The van der Waals surface area contributed by atoms with Crippen molar-refractivity contribution in [1.82, 2.24) is 0 Å². The predicted octanol–water partition coefficient (Wildman–Crippen LogP) is 3.21. The van der Waals surface area contributed by atoms with Gasteiger partial charge < -0.3 is 5.73 Å². The summed E-state index contributed by atoms with van der Waals surface area (Å²) in [5, 5.41) is 0. The van der Waals surface area contributed by atoms with Gasteiger partial charge in [0.2, 0.25) is 0 Å². The van der Waals surface area contributed by atoms with Crippen molar-refractivity contribution in [2.45, 2.75) is 39.5 Å². The number of nitrogens with two attached hydrogens (primary N) is 1. The van der Waals surface area contributed by atoms with E-state index in [0.29, 0.717) is 0 Å². The van der Waals surface area contributed by atoms with Crippen LogP contribution in [0.5, 0.6) is 0 Å². The predicted molar refractivity (Wildman–Crippen MR) is 64.7 cm³/mol. The molecule has 74 valence electrons. The fraction of sp³-hybridized carbons (Fsp3) is 1.00. The van der Waals surface area contributed by atoms with Crippen LogP contribution < -0.4 is 5.73 Å². The Hall–Kier alpha value is 0.690. The van der Waals surface area contributed by atoms with Crippen LogP contribution in [0.15, 0.2) is 0 Å². The second-order valence-corrected chi connectivity index (χ2v) is 4.93. The summed E-state index contributed by atoms with van der Waals surface area (Å²) >= 11 is 2.46.